The highest BCUT2D eigenvalue weighted by atomic mass is 35.5. The third-order valence-corrected chi connectivity index (χ3v) is 5.58. The van der Waals surface area contributed by atoms with Gasteiger partial charge in [0.15, 0.2) is 11.0 Å². The van der Waals surface area contributed by atoms with Gasteiger partial charge in [0.2, 0.25) is 5.91 Å². The molecular weight excluding hydrogens is 430 g/mol. The number of nitrogens with two attached hydrogens (primary N) is 1. The van der Waals surface area contributed by atoms with Crippen LogP contribution < -0.4 is 5.73 Å². The van der Waals surface area contributed by atoms with E-state index < -0.39 is 10.8 Å². The molecule has 3 rings (SSSR count). The van der Waals surface area contributed by atoms with Crippen LogP contribution in [0.1, 0.15) is 16.8 Å². The van der Waals surface area contributed by atoms with Crippen LogP contribution in [0.5, 0.6) is 0 Å². The van der Waals surface area contributed by atoms with Crippen LogP contribution in [0.25, 0.3) is 11.4 Å². The van der Waals surface area contributed by atoms with E-state index in [0.717, 1.165) is 17.8 Å². The Balaban J connectivity index is 2.03. The predicted molar refractivity (Wildman–Crippen MR) is 113 cm³/mol. The maximum absolute atomic E-state index is 11.5. The van der Waals surface area contributed by atoms with Gasteiger partial charge in [-0.1, -0.05) is 23.7 Å². The topological polar surface area (TPSA) is 126 Å². The highest BCUT2D eigenvalue weighted by molar-refractivity contribution is 7.99. The highest BCUT2D eigenvalue weighted by Gasteiger charge is 2.22. The maximum atomic E-state index is 11.5. The summed E-state index contributed by atoms with van der Waals surface area (Å²) in [6, 6.07) is 11.3. The first-order valence-electron chi connectivity index (χ1n) is 8.85. The van der Waals surface area contributed by atoms with E-state index in [-0.39, 0.29) is 11.3 Å². The maximum Gasteiger partial charge on any atom is 0.284 e. The molecule has 0 fully saturated rings. The summed E-state index contributed by atoms with van der Waals surface area (Å²) in [4.78, 5) is 22.7. The van der Waals surface area contributed by atoms with Gasteiger partial charge in [-0.2, -0.15) is 0 Å². The molecule has 0 saturated heterocycles. The minimum absolute atomic E-state index is 0.0596. The molecule has 0 saturated carbocycles. The summed E-state index contributed by atoms with van der Waals surface area (Å²) in [5.41, 5.74) is 5.77. The summed E-state index contributed by atoms with van der Waals surface area (Å²) in [5, 5.41) is 21.0. The molecule has 9 nitrogen and oxygen atoms in total. The molecule has 3 aromatic rings. The second-order valence-corrected chi connectivity index (χ2v) is 7.61. The monoisotopic (exact) mass is 447 g/mol. The van der Waals surface area contributed by atoms with Crippen molar-refractivity contribution < 1.29 is 14.5 Å². The van der Waals surface area contributed by atoms with Crippen molar-refractivity contribution in [1.29, 1.82) is 0 Å². The van der Waals surface area contributed by atoms with Crippen molar-refractivity contribution in [1.82, 2.24) is 14.8 Å². The number of nitro groups is 1. The lowest BCUT2D eigenvalue weighted by Gasteiger charge is -2.11. The van der Waals surface area contributed by atoms with Gasteiger partial charge in [-0.25, -0.2) is 0 Å². The predicted octanol–water partition coefficient (Wildman–Crippen LogP) is 3.79. The zero-order valence-corrected chi connectivity index (χ0v) is 17.5. The highest BCUT2D eigenvalue weighted by Crippen LogP contribution is 2.37. The standard InChI is InChI=1S/C19H18ClN5O4S/c1-29-10-4-9-24-18(13-5-2-3-6-14(13)20)22-23-19(24)30-16-8-7-12(17(21)26)11-15(16)25(27)28/h2-3,5-8,11H,4,9-10H2,1H3,(H2,21,26). The molecule has 0 unspecified atom stereocenters. The first kappa shape index (κ1) is 21.8. The normalized spacial score (nSPS) is 10.9. The molecule has 2 aromatic carbocycles. The average molecular weight is 448 g/mol. The van der Waals surface area contributed by atoms with Crippen molar-refractivity contribution in [3.05, 3.63) is 63.2 Å². The number of carbonyl (C=O) groups excluding carboxylic acids is 1. The van der Waals surface area contributed by atoms with Crippen molar-refractivity contribution in [3.8, 4) is 11.4 Å². The van der Waals surface area contributed by atoms with Crippen LogP contribution >= 0.6 is 23.4 Å². The molecule has 11 heteroatoms. The Hall–Kier alpha value is -2.95. The molecule has 30 heavy (non-hydrogen) atoms. The fourth-order valence-electron chi connectivity index (χ4n) is 2.77. The molecule has 1 aromatic heterocycles. The number of halogens is 1. The molecule has 0 bridgehead atoms. The molecule has 0 aliphatic carbocycles. The van der Waals surface area contributed by atoms with Crippen molar-refractivity contribution in [2.75, 3.05) is 13.7 Å². The molecule has 156 valence electrons. The van der Waals surface area contributed by atoms with E-state index in [9.17, 15) is 14.9 Å². The summed E-state index contributed by atoms with van der Waals surface area (Å²) in [5.74, 6) is -0.186. The van der Waals surface area contributed by atoms with Crippen LogP contribution in [-0.4, -0.2) is 39.3 Å². The fourth-order valence-corrected chi connectivity index (χ4v) is 3.93. The van der Waals surface area contributed by atoms with Crippen LogP contribution in [0, 0.1) is 10.1 Å². The summed E-state index contributed by atoms with van der Waals surface area (Å²) in [6.45, 7) is 1.05. The van der Waals surface area contributed by atoms with Crippen LogP contribution in [0.2, 0.25) is 5.02 Å². The van der Waals surface area contributed by atoms with E-state index in [1.807, 2.05) is 22.8 Å². The number of hydrogen-bond donors (Lipinski definition) is 1. The van der Waals surface area contributed by atoms with Crippen LogP contribution in [0.3, 0.4) is 0 Å². The van der Waals surface area contributed by atoms with Gasteiger partial charge >= 0.3 is 0 Å². The Morgan fingerprint density at radius 3 is 2.73 bits per heavy atom. The number of nitro benzene ring substituents is 1. The lowest BCUT2D eigenvalue weighted by molar-refractivity contribution is -0.387. The number of amides is 1. The quantitative estimate of drug-likeness (QED) is 0.300. The molecule has 0 radical (unpaired) electrons. The molecule has 1 amide bonds. The lowest BCUT2D eigenvalue weighted by atomic mass is 10.2. The van der Waals surface area contributed by atoms with Gasteiger partial charge in [0.1, 0.15) is 0 Å². The van der Waals surface area contributed by atoms with Gasteiger partial charge in [0.25, 0.3) is 5.69 Å². The fraction of sp³-hybridized carbons (Fsp3) is 0.211. The second-order valence-electron chi connectivity index (χ2n) is 6.19. The Labute approximate surface area is 181 Å². The van der Waals surface area contributed by atoms with E-state index in [2.05, 4.69) is 10.2 Å². The molecule has 0 aliphatic heterocycles. The zero-order valence-electron chi connectivity index (χ0n) is 15.9. The number of carbonyl (C=O) groups is 1. The number of nitrogens with zero attached hydrogens (tertiary/aromatic N) is 4. The minimum atomic E-state index is -0.738. The minimum Gasteiger partial charge on any atom is -0.385 e. The van der Waals surface area contributed by atoms with Gasteiger partial charge in [-0.3, -0.25) is 14.9 Å². The molecular formula is C19H18ClN5O4S. The Kier molecular flexibility index (Phi) is 7.03. The van der Waals surface area contributed by atoms with Gasteiger partial charge < -0.3 is 15.0 Å². The third kappa shape index (κ3) is 4.78. The average Bonchev–Trinajstić information content (AvgIpc) is 3.10. The summed E-state index contributed by atoms with van der Waals surface area (Å²) in [6.07, 6.45) is 0.683. The van der Waals surface area contributed by atoms with Gasteiger partial charge in [-0.05, 0) is 42.4 Å². The van der Waals surface area contributed by atoms with Crippen molar-refractivity contribution in [2.24, 2.45) is 5.73 Å². The number of benzene rings is 2. The Bertz CT molecular complexity index is 1090. The number of primary amides is 1. The molecule has 2 N–H and O–H groups in total. The summed E-state index contributed by atoms with van der Waals surface area (Å²) in [7, 11) is 1.61. The largest absolute Gasteiger partial charge is 0.385 e. The smallest absolute Gasteiger partial charge is 0.284 e. The number of methoxy groups -OCH3 is 1. The number of rotatable bonds is 9. The third-order valence-electron chi connectivity index (χ3n) is 4.20. The SMILES string of the molecule is COCCCn1c(Sc2ccc(C(N)=O)cc2[N+](=O)[O-])nnc1-c1ccccc1Cl. The van der Waals surface area contributed by atoms with E-state index >= 15 is 0 Å². The number of ether oxygens (including phenoxy) is 1. The van der Waals surface area contributed by atoms with E-state index in [0.29, 0.717) is 46.0 Å². The first-order chi connectivity index (χ1) is 14.4. The van der Waals surface area contributed by atoms with Crippen LogP contribution in [0.15, 0.2) is 52.5 Å². The molecule has 0 aliphatic rings. The van der Waals surface area contributed by atoms with Crippen molar-refractivity contribution >= 4 is 35.0 Å². The van der Waals surface area contributed by atoms with Gasteiger partial charge in [0, 0.05) is 37.5 Å². The van der Waals surface area contributed by atoms with E-state index in [1.165, 1.54) is 12.1 Å². The lowest BCUT2D eigenvalue weighted by Crippen LogP contribution is -2.11. The van der Waals surface area contributed by atoms with Gasteiger partial charge in [0.05, 0.1) is 14.8 Å². The second kappa shape index (κ2) is 9.70. The molecule has 1 heterocycles. The molecule has 0 atom stereocenters. The number of aromatic nitrogens is 3. The van der Waals surface area contributed by atoms with Crippen molar-refractivity contribution in [3.63, 3.8) is 0 Å². The van der Waals surface area contributed by atoms with Crippen molar-refractivity contribution in [2.45, 2.75) is 23.0 Å². The van der Waals surface area contributed by atoms with E-state index in [4.69, 9.17) is 22.1 Å². The number of hydrogen-bond acceptors (Lipinski definition) is 7. The van der Waals surface area contributed by atoms with Gasteiger partial charge in [-0.15, -0.1) is 10.2 Å². The summed E-state index contributed by atoms with van der Waals surface area (Å²) < 4.78 is 6.98. The van der Waals surface area contributed by atoms with Crippen LogP contribution in [0.4, 0.5) is 5.69 Å². The summed E-state index contributed by atoms with van der Waals surface area (Å²) >= 11 is 7.41. The Morgan fingerprint density at radius 1 is 1.30 bits per heavy atom. The van der Waals surface area contributed by atoms with Crippen LogP contribution in [-0.2, 0) is 11.3 Å². The first-order valence-corrected chi connectivity index (χ1v) is 10.0. The van der Waals surface area contributed by atoms with E-state index in [1.54, 1.807) is 13.2 Å². The molecule has 0 spiro atoms. The zero-order chi connectivity index (χ0) is 21.7. The Morgan fingerprint density at radius 2 is 2.07 bits per heavy atom.